The molecular formula is C16H21BrN2O3S. The largest absolute Gasteiger partial charge is 0.488 e. The molecule has 0 saturated heterocycles. The quantitative estimate of drug-likeness (QED) is 0.674. The Morgan fingerprint density at radius 3 is 2.96 bits per heavy atom. The van der Waals surface area contributed by atoms with Gasteiger partial charge in [-0.3, -0.25) is 4.79 Å². The summed E-state index contributed by atoms with van der Waals surface area (Å²) >= 11 is 4.83. The van der Waals surface area contributed by atoms with Crippen LogP contribution in [0.15, 0.2) is 18.2 Å². The SMILES string of the molecule is CCC[C@@H](Br)C(=O)Nc1nc2ccc(O[C@H](C)COC)cc2s1. The number of amides is 1. The number of hydrogen-bond donors (Lipinski definition) is 1. The Morgan fingerprint density at radius 1 is 1.48 bits per heavy atom. The molecule has 0 spiro atoms. The third kappa shape index (κ3) is 5.16. The fraction of sp³-hybridized carbons (Fsp3) is 0.500. The number of benzene rings is 1. The zero-order valence-electron chi connectivity index (χ0n) is 13.5. The van der Waals surface area contributed by atoms with Gasteiger partial charge in [-0.05, 0) is 31.5 Å². The molecule has 0 fully saturated rings. The van der Waals surface area contributed by atoms with E-state index in [0.717, 1.165) is 28.8 Å². The number of ether oxygens (including phenoxy) is 2. The Labute approximate surface area is 148 Å². The molecule has 0 aliphatic carbocycles. The van der Waals surface area contributed by atoms with Crippen molar-refractivity contribution in [2.45, 2.75) is 37.6 Å². The van der Waals surface area contributed by atoms with E-state index in [1.807, 2.05) is 32.0 Å². The van der Waals surface area contributed by atoms with Crippen molar-refractivity contribution >= 4 is 48.5 Å². The zero-order chi connectivity index (χ0) is 16.8. The summed E-state index contributed by atoms with van der Waals surface area (Å²) in [5.74, 6) is 0.712. The summed E-state index contributed by atoms with van der Waals surface area (Å²) in [6.45, 7) is 4.54. The molecule has 0 unspecified atom stereocenters. The van der Waals surface area contributed by atoms with E-state index in [1.54, 1.807) is 7.11 Å². The van der Waals surface area contributed by atoms with Gasteiger partial charge in [0, 0.05) is 7.11 Å². The van der Waals surface area contributed by atoms with Gasteiger partial charge in [-0.15, -0.1) is 0 Å². The predicted octanol–water partition coefficient (Wildman–Crippen LogP) is 4.21. The molecule has 2 rings (SSSR count). The minimum atomic E-state index is -0.187. The van der Waals surface area contributed by atoms with Crippen LogP contribution in [0.2, 0.25) is 0 Å². The average molecular weight is 401 g/mol. The van der Waals surface area contributed by atoms with Crippen LogP contribution in [0.4, 0.5) is 5.13 Å². The Kier molecular flexibility index (Phi) is 6.80. The highest BCUT2D eigenvalue weighted by Gasteiger charge is 2.16. The summed E-state index contributed by atoms with van der Waals surface area (Å²) in [6, 6.07) is 5.71. The molecule has 1 aromatic heterocycles. The standard InChI is InChI=1S/C16H21BrN2O3S/c1-4-5-12(17)15(20)19-16-18-13-7-6-11(8-14(13)23-16)22-10(2)9-21-3/h6-8,10,12H,4-5,9H2,1-3H3,(H,18,19,20)/t10-,12-/m1/s1. The number of anilines is 1. The smallest absolute Gasteiger partial charge is 0.239 e. The molecule has 0 aliphatic heterocycles. The van der Waals surface area contributed by atoms with Crippen LogP contribution in [0.1, 0.15) is 26.7 Å². The summed E-state index contributed by atoms with van der Waals surface area (Å²) in [6.07, 6.45) is 1.73. The van der Waals surface area contributed by atoms with Crippen LogP contribution in [0.3, 0.4) is 0 Å². The Morgan fingerprint density at radius 2 is 2.26 bits per heavy atom. The molecule has 2 atom stereocenters. The number of hydrogen-bond acceptors (Lipinski definition) is 5. The van der Waals surface area contributed by atoms with Gasteiger partial charge in [0.25, 0.3) is 0 Å². The van der Waals surface area contributed by atoms with Gasteiger partial charge in [0.05, 0.1) is 21.7 Å². The molecule has 1 amide bonds. The number of rotatable bonds is 8. The third-order valence-corrected chi connectivity index (χ3v) is 4.96. The second-order valence-corrected chi connectivity index (χ2v) is 7.41. The van der Waals surface area contributed by atoms with Crippen LogP contribution in [0, 0.1) is 0 Å². The van der Waals surface area contributed by atoms with Crippen molar-refractivity contribution < 1.29 is 14.3 Å². The maximum atomic E-state index is 12.0. The van der Waals surface area contributed by atoms with Gasteiger partial charge < -0.3 is 14.8 Å². The fourth-order valence-electron chi connectivity index (χ4n) is 2.10. The minimum Gasteiger partial charge on any atom is -0.488 e. The lowest BCUT2D eigenvalue weighted by Crippen LogP contribution is -2.22. The lowest BCUT2D eigenvalue weighted by molar-refractivity contribution is -0.115. The third-order valence-electron chi connectivity index (χ3n) is 3.16. The van der Waals surface area contributed by atoms with Gasteiger partial charge >= 0.3 is 0 Å². The van der Waals surface area contributed by atoms with Gasteiger partial charge in [-0.1, -0.05) is 40.6 Å². The van der Waals surface area contributed by atoms with Crippen molar-refractivity contribution in [1.82, 2.24) is 4.98 Å². The summed E-state index contributed by atoms with van der Waals surface area (Å²) < 4.78 is 11.8. The molecule has 2 aromatic rings. The molecule has 0 radical (unpaired) electrons. The lowest BCUT2D eigenvalue weighted by atomic mass is 10.2. The van der Waals surface area contributed by atoms with Crippen molar-refractivity contribution in [2.24, 2.45) is 0 Å². The van der Waals surface area contributed by atoms with Crippen molar-refractivity contribution in [3.8, 4) is 5.75 Å². The minimum absolute atomic E-state index is 0.0206. The van der Waals surface area contributed by atoms with Crippen LogP contribution >= 0.6 is 27.3 Å². The first-order valence-corrected chi connectivity index (χ1v) is 9.27. The predicted molar refractivity (Wildman–Crippen MR) is 97.8 cm³/mol. The molecule has 126 valence electrons. The van der Waals surface area contributed by atoms with Crippen LogP contribution in [0.25, 0.3) is 10.2 Å². The zero-order valence-corrected chi connectivity index (χ0v) is 15.9. The van der Waals surface area contributed by atoms with Gasteiger partial charge in [0.1, 0.15) is 11.9 Å². The topological polar surface area (TPSA) is 60.5 Å². The first kappa shape index (κ1) is 18.2. The van der Waals surface area contributed by atoms with Crippen molar-refractivity contribution in [3.05, 3.63) is 18.2 Å². The van der Waals surface area contributed by atoms with Crippen molar-refractivity contribution in [1.29, 1.82) is 0 Å². The maximum Gasteiger partial charge on any atom is 0.239 e. The van der Waals surface area contributed by atoms with E-state index in [9.17, 15) is 4.79 Å². The highest BCUT2D eigenvalue weighted by atomic mass is 79.9. The molecule has 0 bridgehead atoms. The Bertz CT molecular complexity index is 662. The molecule has 1 heterocycles. The number of methoxy groups -OCH3 is 1. The second-order valence-electron chi connectivity index (χ2n) is 5.28. The summed E-state index contributed by atoms with van der Waals surface area (Å²) in [4.78, 5) is 16.3. The van der Waals surface area contributed by atoms with Crippen LogP contribution in [-0.2, 0) is 9.53 Å². The van der Waals surface area contributed by atoms with E-state index in [-0.39, 0.29) is 16.8 Å². The molecule has 1 aromatic carbocycles. The van der Waals surface area contributed by atoms with E-state index in [0.29, 0.717) is 11.7 Å². The lowest BCUT2D eigenvalue weighted by Gasteiger charge is -2.13. The van der Waals surface area contributed by atoms with Gasteiger partial charge in [-0.2, -0.15) is 0 Å². The first-order valence-electron chi connectivity index (χ1n) is 7.54. The fourth-order valence-corrected chi connectivity index (χ4v) is 3.57. The average Bonchev–Trinajstić information content (AvgIpc) is 2.89. The maximum absolute atomic E-state index is 12.0. The molecule has 7 heteroatoms. The number of nitrogens with zero attached hydrogens (tertiary/aromatic N) is 1. The number of nitrogens with one attached hydrogen (secondary N) is 1. The Balaban J connectivity index is 2.08. The summed E-state index contributed by atoms with van der Waals surface area (Å²) in [7, 11) is 1.65. The first-order chi connectivity index (χ1) is 11.0. The molecular weight excluding hydrogens is 380 g/mol. The van der Waals surface area contributed by atoms with Crippen molar-refractivity contribution in [2.75, 3.05) is 19.0 Å². The number of aromatic nitrogens is 1. The van der Waals surface area contributed by atoms with E-state index in [1.165, 1.54) is 11.3 Å². The van der Waals surface area contributed by atoms with E-state index < -0.39 is 0 Å². The van der Waals surface area contributed by atoms with Crippen LogP contribution in [0.5, 0.6) is 5.75 Å². The highest BCUT2D eigenvalue weighted by Crippen LogP contribution is 2.30. The number of carbonyl (C=O) groups is 1. The molecule has 23 heavy (non-hydrogen) atoms. The molecule has 1 N–H and O–H groups in total. The van der Waals surface area contributed by atoms with Gasteiger partial charge in [0.15, 0.2) is 5.13 Å². The number of halogens is 1. The van der Waals surface area contributed by atoms with Gasteiger partial charge in [0.2, 0.25) is 5.91 Å². The number of alkyl halides is 1. The van der Waals surface area contributed by atoms with E-state index in [4.69, 9.17) is 9.47 Å². The van der Waals surface area contributed by atoms with E-state index in [2.05, 4.69) is 26.2 Å². The van der Waals surface area contributed by atoms with E-state index >= 15 is 0 Å². The summed E-state index contributed by atoms with van der Waals surface area (Å²) in [5.41, 5.74) is 0.846. The van der Waals surface area contributed by atoms with Crippen LogP contribution in [-0.4, -0.2) is 35.5 Å². The summed E-state index contributed by atoms with van der Waals surface area (Å²) in [5, 5.41) is 3.46. The molecule has 0 aliphatic rings. The highest BCUT2D eigenvalue weighted by molar-refractivity contribution is 9.10. The monoisotopic (exact) mass is 400 g/mol. The van der Waals surface area contributed by atoms with Gasteiger partial charge in [-0.25, -0.2) is 4.98 Å². The number of carbonyl (C=O) groups excluding carboxylic acids is 1. The van der Waals surface area contributed by atoms with Crippen molar-refractivity contribution in [3.63, 3.8) is 0 Å². The van der Waals surface area contributed by atoms with Crippen LogP contribution < -0.4 is 10.1 Å². The number of fused-ring (bicyclic) bond motifs is 1. The second kappa shape index (κ2) is 8.61. The molecule has 5 nitrogen and oxygen atoms in total. The number of thiazole rings is 1. The molecule has 0 saturated carbocycles. The Hall–Kier alpha value is -1.18. The normalized spacial score (nSPS) is 13.7.